The number of benzene rings is 4. The van der Waals surface area contributed by atoms with E-state index in [4.69, 9.17) is 0 Å². The third-order valence-electron chi connectivity index (χ3n) is 7.63. The smallest absolute Gasteiger partial charge is 0.404 e. The minimum absolute atomic E-state index is 0. The van der Waals surface area contributed by atoms with Gasteiger partial charge in [-0.05, 0) is 53.5 Å². The number of rotatable bonds is 4. The van der Waals surface area contributed by atoms with Gasteiger partial charge in [-0.3, -0.25) is 4.57 Å². The number of hydrogen-bond acceptors (Lipinski definition) is 2. The molecule has 0 saturated carbocycles. The van der Waals surface area contributed by atoms with Gasteiger partial charge in [-0.2, -0.15) is 24.3 Å². The van der Waals surface area contributed by atoms with E-state index in [9.17, 15) is 0 Å². The molecule has 0 atom stereocenters. The summed E-state index contributed by atoms with van der Waals surface area (Å²) in [5, 5.41) is 0. The maximum atomic E-state index is 4.22. The Balaban J connectivity index is 0.000000228. The zero-order valence-electron chi connectivity index (χ0n) is 24.6. The molecule has 210 valence electrons. The first-order chi connectivity index (χ1) is 20.0. The Morgan fingerprint density at radius 1 is 0.714 bits per heavy atom. The molecular formula is C37H34IrN4+. The molecule has 2 aromatic heterocycles. The van der Waals surface area contributed by atoms with Crippen molar-refractivity contribution >= 4 is 22.4 Å². The van der Waals surface area contributed by atoms with Gasteiger partial charge in [-0.15, -0.1) is 35.9 Å². The SMILES string of the molecule is CC(C)c1cccc(C(C)C)c1-n1[c-][n+]2c3c(cccc31)N(C)c1ccc[c-]c1-2.[Ir+3].[c-]1ccccc1-c1ccccn1. The summed E-state index contributed by atoms with van der Waals surface area (Å²) < 4.78 is 4.45. The minimum Gasteiger partial charge on any atom is -0.404 e. The molecule has 6 aromatic rings. The molecule has 0 unspecified atom stereocenters. The summed E-state index contributed by atoms with van der Waals surface area (Å²) in [6, 6.07) is 39.7. The molecule has 3 heterocycles. The van der Waals surface area contributed by atoms with Gasteiger partial charge >= 0.3 is 20.1 Å². The number of nitrogens with zero attached hydrogens (tertiary/aromatic N) is 4. The Morgan fingerprint density at radius 2 is 1.40 bits per heavy atom. The van der Waals surface area contributed by atoms with E-state index in [1.807, 2.05) is 54.6 Å². The van der Waals surface area contributed by atoms with Crippen molar-refractivity contribution in [2.24, 2.45) is 0 Å². The summed E-state index contributed by atoms with van der Waals surface area (Å²) in [6.07, 6.45) is 5.48. The van der Waals surface area contributed by atoms with E-state index in [-0.39, 0.29) is 20.1 Å². The molecule has 4 aromatic carbocycles. The van der Waals surface area contributed by atoms with Crippen LogP contribution in [0.15, 0.2) is 103 Å². The molecule has 0 fully saturated rings. The van der Waals surface area contributed by atoms with Gasteiger partial charge in [0, 0.05) is 11.9 Å². The maximum absolute atomic E-state index is 4.22. The Hall–Kier alpha value is -4.05. The molecule has 1 aliphatic heterocycles. The van der Waals surface area contributed by atoms with Crippen LogP contribution in [-0.4, -0.2) is 16.6 Å². The Bertz CT molecular complexity index is 1740. The summed E-state index contributed by atoms with van der Waals surface area (Å²) in [5.74, 6) is 0.857. The molecule has 0 spiro atoms. The zero-order valence-corrected chi connectivity index (χ0v) is 27.0. The fourth-order valence-electron chi connectivity index (χ4n) is 5.58. The molecule has 0 radical (unpaired) electrons. The van der Waals surface area contributed by atoms with Crippen LogP contribution in [-0.2, 0) is 20.1 Å². The predicted molar refractivity (Wildman–Crippen MR) is 167 cm³/mol. The molecule has 0 amide bonds. The summed E-state index contributed by atoms with van der Waals surface area (Å²) in [6.45, 7) is 9.07. The molecule has 0 saturated heterocycles. The fourth-order valence-corrected chi connectivity index (χ4v) is 5.58. The average Bonchev–Trinajstić information content (AvgIpc) is 3.41. The first-order valence-corrected chi connectivity index (χ1v) is 14.2. The van der Waals surface area contributed by atoms with Crippen LogP contribution in [0.1, 0.15) is 50.7 Å². The molecular weight excluding hydrogens is 693 g/mol. The van der Waals surface area contributed by atoms with Crippen molar-refractivity contribution in [3.05, 3.63) is 133 Å². The van der Waals surface area contributed by atoms with Gasteiger partial charge in [0.15, 0.2) is 0 Å². The van der Waals surface area contributed by atoms with E-state index >= 15 is 0 Å². The van der Waals surface area contributed by atoms with Crippen molar-refractivity contribution in [3.63, 3.8) is 0 Å². The normalized spacial score (nSPS) is 11.6. The van der Waals surface area contributed by atoms with Gasteiger partial charge in [0.2, 0.25) is 0 Å². The second kappa shape index (κ2) is 12.4. The van der Waals surface area contributed by atoms with Crippen molar-refractivity contribution in [1.82, 2.24) is 9.55 Å². The van der Waals surface area contributed by atoms with Gasteiger partial charge in [0.25, 0.3) is 6.33 Å². The van der Waals surface area contributed by atoms with E-state index in [1.54, 1.807) is 6.20 Å². The number of fused-ring (bicyclic) bond motifs is 2. The van der Waals surface area contributed by atoms with E-state index < -0.39 is 0 Å². The molecule has 1 aliphatic rings. The van der Waals surface area contributed by atoms with Gasteiger partial charge in [0.05, 0.1) is 11.2 Å². The van der Waals surface area contributed by atoms with Crippen LogP contribution in [0.3, 0.4) is 0 Å². The van der Waals surface area contributed by atoms with Crippen LogP contribution in [0.5, 0.6) is 0 Å². The first-order valence-electron chi connectivity index (χ1n) is 14.2. The van der Waals surface area contributed by atoms with Gasteiger partial charge in [-0.25, -0.2) is 0 Å². The van der Waals surface area contributed by atoms with Crippen LogP contribution in [0.4, 0.5) is 11.4 Å². The maximum Gasteiger partial charge on any atom is 3.00 e. The fraction of sp³-hybridized carbons (Fsp3) is 0.189. The summed E-state index contributed by atoms with van der Waals surface area (Å²) in [4.78, 5) is 6.47. The largest absolute Gasteiger partial charge is 3.00 e. The molecule has 0 N–H and O–H groups in total. The summed E-state index contributed by atoms with van der Waals surface area (Å²) in [7, 11) is 2.13. The van der Waals surface area contributed by atoms with Crippen molar-refractivity contribution < 1.29 is 24.7 Å². The summed E-state index contributed by atoms with van der Waals surface area (Å²) >= 11 is 0. The molecule has 7 rings (SSSR count). The minimum atomic E-state index is 0. The van der Waals surface area contributed by atoms with Crippen molar-refractivity contribution in [1.29, 1.82) is 0 Å². The third kappa shape index (κ3) is 5.31. The monoisotopic (exact) mass is 727 g/mol. The van der Waals surface area contributed by atoms with Crippen molar-refractivity contribution in [2.75, 3.05) is 11.9 Å². The van der Waals surface area contributed by atoms with Gasteiger partial charge < -0.3 is 14.5 Å². The topological polar surface area (TPSA) is 24.9 Å². The number of para-hydroxylation sites is 3. The number of anilines is 2. The number of aromatic nitrogens is 3. The van der Waals surface area contributed by atoms with Crippen LogP contribution >= 0.6 is 0 Å². The standard InChI is InChI=1S/C26H26N3.C11H8N.Ir/c1-17(2)19-10-8-11-20(18(3)4)25(19)29-16-28-22-13-7-6-12-21(22)27(5)23-14-9-15-24(29)26(23)28;1-2-6-10(7-3-1)11-8-4-5-9-12-11;/h6-12,14-15,17-18H,1-5H3;1-6,8-9H;/q2*-1;+3. The van der Waals surface area contributed by atoms with Crippen molar-refractivity contribution in [2.45, 2.75) is 39.5 Å². The number of pyridine rings is 1. The third-order valence-corrected chi connectivity index (χ3v) is 7.63. The second-order valence-electron chi connectivity index (χ2n) is 11.0. The van der Waals surface area contributed by atoms with E-state index in [1.165, 1.54) is 33.5 Å². The number of hydrogen-bond donors (Lipinski definition) is 0. The second-order valence-corrected chi connectivity index (χ2v) is 11.0. The molecule has 4 nitrogen and oxygen atoms in total. The number of imidazole rings is 1. The van der Waals surface area contributed by atoms with Crippen LogP contribution < -0.4 is 9.47 Å². The Kier molecular flexibility index (Phi) is 8.72. The average molecular weight is 727 g/mol. The van der Waals surface area contributed by atoms with Crippen LogP contribution in [0, 0.1) is 18.5 Å². The summed E-state index contributed by atoms with van der Waals surface area (Å²) in [5.41, 5.74) is 11.7. The zero-order chi connectivity index (χ0) is 28.5. The Labute approximate surface area is 262 Å². The van der Waals surface area contributed by atoms with E-state index in [0.29, 0.717) is 11.8 Å². The van der Waals surface area contributed by atoms with E-state index in [2.05, 4.69) is 115 Å². The molecule has 0 aliphatic carbocycles. The molecule has 42 heavy (non-hydrogen) atoms. The van der Waals surface area contributed by atoms with Crippen LogP contribution in [0.25, 0.3) is 33.7 Å². The molecule has 0 bridgehead atoms. The quantitative estimate of drug-likeness (QED) is 0.135. The van der Waals surface area contributed by atoms with Gasteiger partial charge in [-0.1, -0.05) is 75.8 Å². The van der Waals surface area contributed by atoms with Gasteiger partial charge in [0.1, 0.15) is 5.52 Å². The van der Waals surface area contributed by atoms with Crippen LogP contribution in [0.2, 0.25) is 0 Å². The van der Waals surface area contributed by atoms with Crippen molar-refractivity contribution in [3.8, 4) is 22.6 Å². The first kappa shape index (κ1) is 29.4. The predicted octanol–water partition coefficient (Wildman–Crippen LogP) is 8.38. The molecule has 5 heteroatoms. The Morgan fingerprint density at radius 3 is 2.07 bits per heavy atom. The van der Waals surface area contributed by atoms with E-state index in [0.717, 1.165) is 22.6 Å².